The predicted molar refractivity (Wildman–Crippen MR) is 65.5 cm³/mol. The van der Waals surface area contributed by atoms with Crippen molar-refractivity contribution >= 4 is 11.4 Å². The zero-order valence-corrected chi connectivity index (χ0v) is 9.61. The number of hydrogen-bond donors (Lipinski definition) is 1. The van der Waals surface area contributed by atoms with E-state index in [1.165, 1.54) is 24.3 Å². The Labute approximate surface area is 108 Å². The molecule has 0 radical (unpaired) electrons. The van der Waals surface area contributed by atoms with Crippen LogP contribution in [0.4, 0.5) is 20.2 Å². The number of nitrogens with one attached hydrogen (secondary N) is 1. The van der Waals surface area contributed by atoms with E-state index in [0.717, 1.165) is 12.1 Å². The number of nitriles is 2. The number of hydrogen-bond acceptors (Lipinski definition) is 3. The van der Waals surface area contributed by atoms with Gasteiger partial charge in [-0.05, 0) is 36.4 Å². The van der Waals surface area contributed by atoms with Crippen LogP contribution in [0.3, 0.4) is 0 Å². The Morgan fingerprint density at radius 3 is 2.37 bits per heavy atom. The molecule has 3 nitrogen and oxygen atoms in total. The Balaban J connectivity index is 2.34. The molecule has 0 spiro atoms. The quantitative estimate of drug-likeness (QED) is 0.894. The Bertz CT molecular complexity index is 712. The van der Waals surface area contributed by atoms with Crippen LogP contribution >= 0.6 is 0 Å². The van der Waals surface area contributed by atoms with E-state index in [1.807, 2.05) is 6.07 Å². The van der Waals surface area contributed by atoms with E-state index < -0.39 is 11.6 Å². The van der Waals surface area contributed by atoms with E-state index >= 15 is 0 Å². The van der Waals surface area contributed by atoms with Gasteiger partial charge in [-0.3, -0.25) is 0 Å². The van der Waals surface area contributed by atoms with E-state index in [9.17, 15) is 8.78 Å². The van der Waals surface area contributed by atoms with Crippen LogP contribution in [-0.2, 0) is 0 Å². The monoisotopic (exact) mass is 255 g/mol. The smallest absolute Gasteiger partial charge is 0.141 e. The van der Waals surface area contributed by atoms with Gasteiger partial charge in [0.05, 0.1) is 17.2 Å². The summed E-state index contributed by atoms with van der Waals surface area (Å²) in [4.78, 5) is 0. The van der Waals surface area contributed by atoms with Crippen LogP contribution in [-0.4, -0.2) is 0 Å². The Morgan fingerprint density at radius 2 is 1.68 bits per heavy atom. The molecule has 0 amide bonds. The molecule has 0 fully saturated rings. The summed E-state index contributed by atoms with van der Waals surface area (Å²) >= 11 is 0. The number of anilines is 2. The first-order valence-electron chi connectivity index (χ1n) is 5.30. The maximum Gasteiger partial charge on any atom is 0.141 e. The molecule has 1 N–H and O–H groups in total. The van der Waals surface area contributed by atoms with Crippen molar-refractivity contribution in [2.24, 2.45) is 0 Å². The number of halogens is 2. The minimum atomic E-state index is -0.620. The van der Waals surface area contributed by atoms with E-state index in [4.69, 9.17) is 10.5 Å². The minimum absolute atomic E-state index is 0.109. The normalized spacial score (nSPS) is 9.47. The maximum atomic E-state index is 13.2. The van der Waals surface area contributed by atoms with Gasteiger partial charge in [-0.25, -0.2) is 8.78 Å². The molecule has 5 heteroatoms. The third-order valence-electron chi connectivity index (χ3n) is 2.40. The molecular formula is C14H7F2N3. The van der Waals surface area contributed by atoms with Crippen LogP contribution in [0.5, 0.6) is 0 Å². The molecule has 0 unspecified atom stereocenters. The molecule has 0 aliphatic carbocycles. The number of rotatable bonds is 2. The van der Waals surface area contributed by atoms with Crippen molar-refractivity contribution in [1.82, 2.24) is 0 Å². The highest BCUT2D eigenvalue weighted by Crippen LogP contribution is 2.21. The SMILES string of the molecule is N#Cc1cc(F)cc(Nc2ccc(F)c(C#N)c2)c1. The lowest BCUT2D eigenvalue weighted by Gasteiger charge is -2.07. The highest BCUT2D eigenvalue weighted by Gasteiger charge is 2.05. The van der Waals surface area contributed by atoms with Crippen LogP contribution in [0.15, 0.2) is 36.4 Å². The minimum Gasteiger partial charge on any atom is -0.355 e. The molecule has 0 atom stereocenters. The molecule has 0 heterocycles. The average Bonchev–Trinajstić information content (AvgIpc) is 2.40. The van der Waals surface area contributed by atoms with Gasteiger partial charge in [-0.1, -0.05) is 0 Å². The molecule has 92 valence electrons. The molecule has 0 saturated carbocycles. The third-order valence-corrected chi connectivity index (χ3v) is 2.40. The molecule has 2 aromatic carbocycles. The zero-order valence-electron chi connectivity index (χ0n) is 9.61. The summed E-state index contributed by atoms with van der Waals surface area (Å²) in [6.07, 6.45) is 0. The van der Waals surface area contributed by atoms with Crippen molar-refractivity contribution in [3.63, 3.8) is 0 Å². The standard InChI is InChI=1S/C14H7F2N3/c15-11-3-9(7-17)4-13(6-11)19-12-1-2-14(16)10(5-12)8-18/h1-6,19H. The largest absolute Gasteiger partial charge is 0.355 e. The van der Waals surface area contributed by atoms with Crippen molar-refractivity contribution < 1.29 is 8.78 Å². The third kappa shape index (κ3) is 2.85. The van der Waals surface area contributed by atoms with Crippen molar-refractivity contribution in [3.8, 4) is 12.1 Å². The average molecular weight is 255 g/mol. The Morgan fingerprint density at radius 1 is 0.895 bits per heavy atom. The van der Waals surface area contributed by atoms with Crippen LogP contribution in [0.2, 0.25) is 0 Å². The van der Waals surface area contributed by atoms with Crippen molar-refractivity contribution in [1.29, 1.82) is 10.5 Å². The highest BCUT2D eigenvalue weighted by atomic mass is 19.1. The summed E-state index contributed by atoms with van der Waals surface area (Å²) < 4.78 is 26.4. The second-order valence-electron chi connectivity index (χ2n) is 3.77. The number of benzene rings is 2. The van der Waals surface area contributed by atoms with Crippen molar-refractivity contribution in [3.05, 3.63) is 59.2 Å². The summed E-state index contributed by atoms with van der Waals surface area (Å²) in [5, 5.41) is 20.3. The van der Waals surface area contributed by atoms with Gasteiger partial charge >= 0.3 is 0 Å². The first-order valence-corrected chi connectivity index (χ1v) is 5.30. The fourth-order valence-corrected chi connectivity index (χ4v) is 1.58. The summed E-state index contributed by atoms with van der Waals surface area (Å²) in [6, 6.07) is 11.2. The summed E-state index contributed by atoms with van der Waals surface area (Å²) in [7, 11) is 0. The Kier molecular flexibility index (Phi) is 3.40. The van der Waals surface area contributed by atoms with E-state index in [-0.39, 0.29) is 11.1 Å². The lowest BCUT2D eigenvalue weighted by atomic mass is 10.1. The predicted octanol–water partition coefficient (Wildman–Crippen LogP) is 3.45. The van der Waals surface area contributed by atoms with Crippen LogP contribution < -0.4 is 5.32 Å². The number of nitrogens with zero attached hydrogens (tertiary/aromatic N) is 2. The van der Waals surface area contributed by atoms with Crippen molar-refractivity contribution in [2.75, 3.05) is 5.32 Å². The Hall–Kier alpha value is -2.92. The second kappa shape index (κ2) is 5.16. The van der Waals surface area contributed by atoms with Gasteiger partial charge in [-0.15, -0.1) is 0 Å². The highest BCUT2D eigenvalue weighted by molar-refractivity contribution is 5.63. The van der Waals surface area contributed by atoms with Gasteiger partial charge in [0.25, 0.3) is 0 Å². The molecule has 0 aliphatic heterocycles. The van der Waals surface area contributed by atoms with Gasteiger partial charge in [0.1, 0.15) is 17.7 Å². The maximum absolute atomic E-state index is 13.2. The van der Waals surface area contributed by atoms with E-state index in [2.05, 4.69) is 5.32 Å². The summed E-state index contributed by atoms with van der Waals surface area (Å²) in [5.74, 6) is -1.17. The molecule has 19 heavy (non-hydrogen) atoms. The summed E-state index contributed by atoms with van der Waals surface area (Å²) in [6.45, 7) is 0. The van der Waals surface area contributed by atoms with Gasteiger partial charge < -0.3 is 5.32 Å². The van der Waals surface area contributed by atoms with E-state index in [0.29, 0.717) is 11.4 Å². The zero-order chi connectivity index (χ0) is 13.8. The molecule has 0 saturated heterocycles. The fraction of sp³-hybridized carbons (Fsp3) is 0. The van der Waals surface area contributed by atoms with Gasteiger partial charge in [0.15, 0.2) is 0 Å². The molecule has 2 rings (SSSR count). The lowest BCUT2D eigenvalue weighted by molar-refractivity contribution is 0.624. The molecule has 0 aromatic heterocycles. The topological polar surface area (TPSA) is 59.6 Å². The molecule has 0 bridgehead atoms. The van der Waals surface area contributed by atoms with Gasteiger partial charge in [-0.2, -0.15) is 10.5 Å². The molecule has 0 aliphatic rings. The van der Waals surface area contributed by atoms with Crippen molar-refractivity contribution in [2.45, 2.75) is 0 Å². The van der Waals surface area contributed by atoms with Crippen LogP contribution in [0.25, 0.3) is 0 Å². The molecule has 2 aromatic rings. The second-order valence-corrected chi connectivity index (χ2v) is 3.77. The molecular weight excluding hydrogens is 248 g/mol. The first kappa shape index (κ1) is 12.5. The van der Waals surface area contributed by atoms with E-state index in [1.54, 1.807) is 6.07 Å². The van der Waals surface area contributed by atoms with Crippen LogP contribution in [0, 0.1) is 34.3 Å². The lowest BCUT2D eigenvalue weighted by Crippen LogP contribution is -1.94. The summed E-state index contributed by atoms with van der Waals surface area (Å²) in [5.41, 5.74) is 0.853. The van der Waals surface area contributed by atoms with Gasteiger partial charge in [0.2, 0.25) is 0 Å². The van der Waals surface area contributed by atoms with Crippen LogP contribution in [0.1, 0.15) is 11.1 Å². The van der Waals surface area contributed by atoms with Gasteiger partial charge in [0, 0.05) is 11.4 Å². The first-order chi connectivity index (χ1) is 9.12. The fourth-order valence-electron chi connectivity index (χ4n) is 1.58.